The molecule has 1 aromatic rings. The number of nitrogens with zero attached hydrogens (tertiary/aromatic N) is 2. The number of anilines is 1. The summed E-state index contributed by atoms with van der Waals surface area (Å²) in [5.41, 5.74) is 7.06. The van der Waals surface area contributed by atoms with Gasteiger partial charge in [-0.15, -0.1) is 0 Å². The molecule has 0 bridgehead atoms. The number of hydrogen-bond donors (Lipinski definition) is 2. The third-order valence-electron chi connectivity index (χ3n) is 2.78. The lowest BCUT2D eigenvalue weighted by Crippen LogP contribution is -2.28. The molecule has 1 atom stereocenters. The number of amidine groups is 1. The molecular weight excluding hydrogens is 236 g/mol. The van der Waals surface area contributed by atoms with Gasteiger partial charge in [0.05, 0.1) is 17.4 Å². The summed E-state index contributed by atoms with van der Waals surface area (Å²) in [5.74, 6) is 0.942. The van der Waals surface area contributed by atoms with Crippen LogP contribution in [-0.4, -0.2) is 22.3 Å². The Balaban J connectivity index is 2.35. The van der Waals surface area contributed by atoms with Crippen molar-refractivity contribution in [3.63, 3.8) is 0 Å². The van der Waals surface area contributed by atoms with Gasteiger partial charge < -0.3 is 11.1 Å². The molecule has 1 aromatic heterocycles. The first kappa shape index (κ1) is 11.9. The molecule has 2 heterocycles. The van der Waals surface area contributed by atoms with Crippen molar-refractivity contribution >= 4 is 29.0 Å². The lowest BCUT2D eigenvalue weighted by molar-refractivity contribution is -0.105. The first-order valence-electron chi connectivity index (χ1n) is 5.28. The maximum Gasteiger partial charge on any atom is 0.211 e. The number of carbonyl (C=O) groups is 1. The van der Waals surface area contributed by atoms with Crippen LogP contribution in [0.2, 0.25) is 0 Å². The minimum absolute atomic E-state index is 0.344. The molecule has 5 nitrogen and oxygen atoms in total. The predicted molar refractivity (Wildman–Crippen MR) is 70.0 cm³/mol. The smallest absolute Gasteiger partial charge is 0.211 e. The van der Waals surface area contributed by atoms with E-state index < -0.39 is 0 Å². The van der Waals surface area contributed by atoms with Crippen LogP contribution >= 0.6 is 11.8 Å². The van der Waals surface area contributed by atoms with Gasteiger partial charge in [0.25, 0.3) is 0 Å². The molecule has 0 saturated heterocycles. The lowest BCUT2D eigenvalue weighted by atomic mass is 9.91. The lowest BCUT2D eigenvalue weighted by Gasteiger charge is -2.29. The van der Waals surface area contributed by atoms with Crippen molar-refractivity contribution in [2.75, 3.05) is 11.1 Å². The third-order valence-corrected chi connectivity index (χ3v) is 3.58. The largest absolute Gasteiger partial charge is 0.379 e. The number of aromatic nitrogens is 1. The fraction of sp³-hybridized carbons (Fsp3) is 0.364. The van der Waals surface area contributed by atoms with Gasteiger partial charge in [-0.1, -0.05) is 11.8 Å². The molecule has 90 valence electrons. The van der Waals surface area contributed by atoms with E-state index >= 15 is 0 Å². The maximum atomic E-state index is 10.4. The van der Waals surface area contributed by atoms with Crippen LogP contribution in [-0.2, 0) is 10.3 Å². The molecule has 0 saturated carbocycles. The number of rotatable bonds is 3. The van der Waals surface area contributed by atoms with E-state index in [2.05, 4.69) is 15.3 Å². The number of carbonyl (C=O) groups excluding carboxylic acids is 1. The Morgan fingerprint density at radius 2 is 2.41 bits per heavy atom. The Bertz CT molecular complexity index is 463. The van der Waals surface area contributed by atoms with Gasteiger partial charge in [0.1, 0.15) is 0 Å². The molecule has 6 heteroatoms. The van der Waals surface area contributed by atoms with Crippen LogP contribution in [0.15, 0.2) is 23.5 Å². The monoisotopic (exact) mass is 250 g/mol. The molecule has 1 amide bonds. The summed E-state index contributed by atoms with van der Waals surface area (Å²) < 4.78 is 0. The summed E-state index contributed by atoms with van der Waals surface area (Å²) in [4.78, 5) is 19.0. The van der Waals surface area contributed by atoms with E-state index in [1.54, 1.807) is 24.2 Å². The van der Waals surface area contributed by atoms with Crippen molar-refractivity contribution in [1.82, 2.24) is 4.98 Å². The first-order valence-corrected chi connectivity index (χ1v) is 6.26. The van der Waals surface area contributed by atoms with E-state index in [-0.39, 0.29) is 5.54 Å². The molecule has 1 aliphatic heterocycles. The van der Waals surface area contributed by atoms with Crippen LogP contribution in [0, 0.1) is 0 Å². The van der Waals surface area contributed by atoms with Crippen LogP contribution < -0.4 is 11.1 Å². The van der Waals surface area contributed by atoms with Gasteiger partial charge in [-0.3, -0.25) is 14.8 Å². The number of thioether (sulfide) groups is 1. The highest BCUT2D eigenvalue weighted by Gasteiger charge is 2.29. The van der Waals surface area contributed by atoms with E-state index in [9.17, 15) is 4.79 Å². The van der Waals surface area contributed by atoms with Crippen LogP contribution in [0.3, 0.4) is 0 Å². The molecule has 2 rings (SSSR count). The van der Waals surface area contributed by atoms with Crippen molar-refractivity contribution in [1.29, 1.82) is 0 Å². The molecule has 1 unspecified atom stereocenters. The van der Waals surface area contributed by atoms with Crippen molar-refractivity contribution in [2.45, 2.75) is 18.9 Å². The molecule has 0 fully saturated rings. The molecule has 0 radical (unpaired) electrons. The van der Waals surface area contributed by atoms with Gasteiger partial charge in [-0.2, -0.15) is 0 Å². The molecule has 0 spiro atoms. The van der Waals surface area contributed by atoms with Crippen LogP contribution in [0.4, 0.5) is 5.69 Å². The van der Waals surface area contributed by atoms with Gasteiger partial charge in [-0.25, -0.2) is 0 Å². The van der Waals surface area contributed by atoms with E-state index in [0.717, 1.165) is 17.7 Å². The molecule has 0 aliphatic carbocycles. The fourth-order valence-corrected chi connectivity index (χ4v) is 2.75. The number of nitrogens with two attached hydrogens (primary N) is 1. The normalized spacial score (nSPS) is 23.9. The molecule has 1 aliphatic rings. The Morgan fingerprint density at radius 3 is 3.12 bits per heavy atom. The second-order valence-corrected chi connectivity index (χ2v) is 5.16. The summed E-state index contributed by atoms with van der Waals surface area (Å²) >= 11 is 1.57. The number of hydrogen-bond acceptors (Lipinski definition) is 5. The standard InChI is InChI=1S/C11H14N4OS/c1-11(2-3-17-10(12)15-11)8-4-9(14-7-16)6-13-5-8/h4-7H,2-3H2,1H3,(H2,12,15)(H,14,16). The van der Waals surface area contributed by atoms with Gasteiger partial charge in [0.15, 0.2) is 5.17 Å². The minimum Gasteiger partial charge on any atom is -0.379 e. The Labute approximate surface area is 104 Å². The Hall–Kier alpha value is -1.56. The second-order valence-electron chi connectivity index (χ2n) is 4.05. The predicted octanol–water partition coefficient (Wildman–Crippen LogP) is 1.32. The van der Waals surface area contributed by atoms with Gasteiger partial charge >= 0.3 is 0 Å². The summed E-state index contributed by atoms with van der Waals surface area (Å²) in [6.45, 7) is 2.03. The van der Waals surface area contributed by atoms with Gasteiger partial charge in [-0.05, 0) is 25.0 Å². The third kappa shape index (κ3) is 2.58. The van der Waals surface area contributed by atoms with E-state index in [0.29, 0.717) is 17.3 Å². The van der Waals surface area contributed by atoms with Gasteiger partial charge in [0.2, 0.25) is 6.41 Å². The van der Waals surface area contributed by atoms with Crippen LogP contribution in [0.1, 0.15) is 18.9 Å². The number of amides is 1. The zero-order valence-electron chi connectivity index (χ0n) is 9.51. The van der Waals surface area contributed by atoms with Crippen molar-refractivity contribution in [2.24, 2.45) is 10.7 Å². The Morgan fingerprint density at radius 1 is 1.59 bits per heavy atom. The highest BCUT2D eigenvalue weighted by atomic mass is 32.2. The quantitative estimate of drug-likeness (QED) is 0.793. The number of nitrogens with one attached hydrogen (secondary N) is 1. The molecule has 17 heavy (non-hydrogen) atoms. The molecular formula is C11H14N4OS. The van der Waals surface area contributed by atoms with E-state index in [1.807, 2.05) is 13.0 Å². The zero-order chi connectivity index (χ0) is 12.3. The SMILES string of the molecule is CC1(c2cncc(NC=O)c2)CCSC(N)=N1. The van der Waals surface area contributed by atoms with E-state index in [4.69, 9.17) is 5.73 Å². The van der Waals surface area contributed by atoms with Gasteiger partial charge in [0, 0.05) is 11.9 Å². The molecule has 0 aromatic carbocycles. The average molecular weight is 250 g/mol. The first-order chi connectivity index (χ1) is 8.14. The highest BCUT2D eigenvalue weighted by molar-refractivity contribution is 8.13. The van der Waals surface area contributed by atoms with Crippen LogP contribution in [0.5, 0.6) is 0 Å². The average Bonchev–Trinajstić information content (AvgIpc) is 2.29. The van der Waals surface area contributed by atoms with Crippen molar-refractivity contribution < 1.29 is 4.79 Å². The topological polar surface area (TPSA) is 80.4 Å². The summed E-state index contributed by atoms with van der Waals surface area (Å²) in [6.07, 6.45) is 4.91. The van der Waals surface area contributed by atoms with Crippen molar-refractivity contribution in [3.05, 3.63) is 24.0 Å². The second kappa shape index (κ2) is 4.75. The number of aliphatic imine (C=N–C) groups is 1. The highest BCUT2D eigenvalue weighted by Crippen LogP contribution is 2.35. The zero-order valence-corrected chi connectivity index (χ0v) is 10.3. The Kier molecular flexibility index (Phi) is 3.33. The summed E-state index contributed by atoms with van der Waals surface area (Å²) in [5, 5.41) is 3.19. The fourth-order valence-electron chi connectivity index (χ4n) is 1.78. The molecule has 3 N–H and O–H groups in total. The maximum absolute atomic E-state index is 10.4. The number of pyridine rings is 1. The summed E-state index contributed by atoms with van der Waals surface area (Å²) in [6, 6.07) is 1.88. The minimum atomic E-state index is -0.344. The van der Waals surface area contributed by atoms with E-state index in [1.165, 1.54) is 0 Å². The summed E-state index contributed by atoms with van der Waals surface area (Å²) in [7, 11) is 0. The van der Waals surface area contributed by atoms with Crippen LogP contribution in [0.25, 0.3) is 0 Å². The van der Waals surface area contributed by atoms with Crippen molar-refractivity contribution in [3.8, 4) is 0 Å².